The number of hydrogen-bond acceptors (Lipinski definition) is 8. The molecule has 1 amide bonds. The molecule has 0 spiro atoms. The monoisotopic (exact) mass is 467 g/mol. The van der Waals surface area contributed by atoms with Gasteiger partial charge in [-0.15, -0.1) is 0 Å². The van der Waals surface area contributed by atoms with Gasteiger partial charge in [0.2, 0.25) is 5.95 Å². The first kappa shape index (κ1) is 23.2. The van der Waals surface area contributed by atoms with E-state index < -0.39 is 11.7 Å². The maximum atomic E-state index is 13.0. The number of piperidine rings is 1. The van der Waals surface area contributed by atoms with E-state index in [9.17, 15) is 15.0 Å². The molecule has 9 heteroatoms. The molecule has 0 bridgehead atoms. The SMILES string of the molecule is COC(O)C1(CO)CN(c2ncc(C(=O)N3CCC(N4CCc5ccccc5C4)CC3)cn2)C1. The lowest BCUT2D eigenvalue weighted by molar-refractivity contribution is -0.181. The number of likely N-dealkylation sites (tertiary alicyclic amines) is 1. The standard InChI is InChI=1S/C25H33N5O4/c1-34-23(33)25(17-31)15-30(16-25)24-26-12-20(13-27-24)22(32)28-10-7-21(8-11-28)29-9-6-18-4-2-3-5-19(18)14-29/h2-5,12-13,21,23,31,33H,6-11,14-17H2,1H3. The number of hydrogen-bond donors (Lipinski definition) is 2. The van der Waals surface area contributed by atoms with Crippen LogP contribution in [0.15, 0.2) is 36.7 Å². The molecular formula is C25H33N5O4. The topological polar surface area (TPSA) is 102 Å². The number of rotatable bonds is 6. The van der Waals surface area contributed by atoms with E-state index in [4.69, 9.17) is 4.74 Å². The molecular weight excluding hydrogens is 434 g/mol. The molecule has 2 fully saturated rings. The van der Waals surface area contributed by atoms with E-state index in [1.54, 1.807) is 12.4 Å². The smallest absolute Gasteiger partial charge is 0.256 e. The van der Waals surface area contributed by atoms with E-state index in [1.807, 2.05) is 9.80 Å². The van der Waals surface area contributed by atoms with Crippen molar-refractivity contribution in [3.05, 3.63) is 53.3 Å². The predicted octanol–water partition coefficient (Wildman–Crippen LogP) is 0.903. The first-order valence-electron chi connectivity index (χ1n) is 12.0. The molecule has 9 nitrogen and oxygen atoms in total. The van der Waals surface area contributed by atoms with Crippen molar-refractivity contribution in [3.8, 4) is 0 Å². The van der Waals surface area contributed by atoms with Crippen molar-refractivity contribution in [2.24, 2.45) is 5.41 Å². The lowest BCUT2D eigenvalue weighted by Crippen LogP contribution is -2.64. The van der Waals surface area contributed by atoms with Gasteiger partial charge < -0.3 is 24.7 Å². The van der Waals surface area contributed by atoms with E-state index in [2.05, 4.69) is 39.1 Å². The second-order valence-corrected chi connectivity index (χ2v) is 9.75. The maximum Gasteiger partial charge on any atom is 0.256 e. The number of aromatic nitrogens is 2. The van der Waals surface area contributed by atoms with Crippen molar-refractivity contribution in [1.29, 1.82) is 0 Å². The molecule has 182 valence electrons. The second kappa shape index (κ2) is 9.58. The fraction of sp³-hybridized carbons (Fsp3) is 0.560. The van der Waals surface area contributed by atoms with Crippen LogP contribution in [0.25, 0.3) is 0 Å². The van der Waals surface area contributed by atoms with Crippen LogP contribution in [-0.2, 0) is 17.7 Å². The van der Waals surface area contributed by atoms with E-state index in [0.29, 0.717) is 30.6 Å². The number of aliphatic hydroxyl groups excluding tert-OH is 2. The number of fused-ring (bicyclic) bond motifs is 1. The van der Waals surface area contributed by atoms with Crippen molar-refractivity contribution in [2.45, 2.75) is 38.1 Å². The van der Waals surface area contributed by atoms with Crippen molar-refractivity contribution in [3.63, 3.8) is 0 Å². The number of ether oxygens (including phenoxy) is 1. The molecule has 5 rings (SSSR count). The molecule has 1 aromatic carbocycles. The van der Waals surface area contributed by atoms with Crippen LogP contribution in [0.5, 0.6) is 0 Å². The van der Waals surface area contributed by atoms with Gasteiger partial charge in [-0.1, -0.05) is 24.3 Å². The highest BCUT2D eigenvalue weighted by atomic mass is 16.6. The normalized spacial score (nSPS) is 21.6. The molecule has 2 N–H and O–H groups in total. The minimum atomic E-state index is -1.04. The van der Waals surface area contributed by atoms with Crippen LogP contribution < -0.4 is 4.90 Å². The molecule has 1 atom stereocenters. The van der Waals surface area contributed by atoms with Crippen LogP contribution in [0, 0.1) is 5.41 Å². The van der Waals surface area contributed by atoms with Gasteiger partial charge in [0.05, 0.1) is 17.6 Å². The number of anilines is 1. The summed E-state index contributed by atoms with van der Waals surface area (Å²) < 4.78 is 4.99. The molecule has 0 aliphatic carbocycles. The number of methoxy groups -OCH3 is 1. The fourth-order valence-electron chi connectivity index (χ4n) is 5.48. The van der Waals surface area contributed by atoms with E-state index in [0.717, 1.165) is 45.4 Å². The Morgan fingerprint density at radius 3 is 2.47 bits per heavy atom. The van der Waals surface area contributed by atoms with Crippen LogP contribution in [0.1, 0.15) is 34.3 Å². The largest absolute Gasteiger partial charge is 0.395 e. The Kier molecular flexibility index (Phi) is 6.52. The van der Waals surface area contributed by atoms with Gasteiger partial charge in [0.25, 0.3) is 5.91 Å². The van der Waals surface area contributed by atoms with Gasteiger partial charge in [-0.2, -0.15) is 0 Å². The summed E-state index contributed by atoms with van der Waals surface area (Å²) >= 11 is 0. The Bertz CT molecular complexity index is 1000. The first-order valence-corrected chi connectivity index (χ1v) is 12.0. The summed E-state index contributed by atoms with van der Waals surface area (Å²) in [5, 5.41) is 19.6. The quantitative estimate of drug-likeness (QED) is 0.605. The number of aliphatic hydroxyl groups is 2. The lowest BCUT2D eigenvalue weighted by atomic mass is 9.80. The average Bonchev–Trinajstić information content (AvgIpc) is 2.88. The Morgan fingerprint density at radius 2 is 1.82 bits per heavy atom. The molecule has 1 unspecified atom stereocenters. The number of carbonyl (C=O) groups excluding carboxylic acids is 1. The van der Waals surface area contributed by atoms with Crippen molar-refractivity contribution < 1.29 is 19.7 Å². The van der Waals surface area contributed by atoms with E-state index in [-0.39, 0.29) is 12.5 Å². The Balaban J connectivity index is 1.14. The van der Waals surface area contributed by atoms with Gasteiger partial charge in [-0.3, -0.25) is 9.69 Å². The fourth-order valence-corrected chi connectivity index (χ4v) is 5.48. The number of benzene rings is 1. The summed E-state index contributed by atoms with van der Waals surface area (Å²) in [6.07, 6.45) is 5.16. The minimum absolute atomic E-state index is 0.0305. The molecule has 0 saturated carbocycles. The van der Waals surface area contributed by atoms with Crippen LogP contribution in [0.4, 0.5) is 5.95 Å². The van der Waals surface area contributed by atoms with Crippen LogP contribution >= 0.6 is 0 Å². The summed E-state index contributed by atoms with van der Waals surface area (Å²) in [6, 6.07) is 9.21. The third kappa shape index (κ3) is 4.29. The van der Waals surface area contributed by atoms with Gasteiger partial charge >= 0.3 is 0 Å². The van der Waals surface area contributed by atoms with Gasteiger partial charge in [-0.25, -0.2) is 9.97 Å². The highest BCUT2D eigenvalue weighted by Gasteiger charge is 2.49. The zero-order valence-corrected chi connectivity index (χ0v) is 19.6. The van der Waals surface area contributed by atoms with Crippen molar-refractivity contribution in [1.82, 2.24) is 19.8 Å². The molecule has 4 heterocycles. The third-order valence-electron chi connectivity index (χ3n) is 7.67. The molecule has 0 radical (unpaired) electrons. The van der Waals surface area contributed by atoms with E-state index in [1.165, 1.54) is 18.2 Å². The number of amides is 1. The van der Waals surface area contributed by atoms with Crippen molar-refractivity contribution >= 4 is 11.9 Å². The molecule has 1 aromatic heterocycles. The maximum absolute atomic E-state index is 13.0. The molecule has 3 aliphatic heterocycles. The molecule has 34 heavy (non-hydrogen) atoms. The first-order chi connectivity index (χ1) is 16.5. The number of nitrogens with zero attached hydrogens (tertiary/aromatic N) is 5. The van der Waals surface area contributed by atoms with Crippen LogP contribution in [0.2, 0.25) is 0 Å². The minimum Gasteiger partial charge on any atom is -0.395 e. The second-order valence-electron chi connectivity index (χ2n) is 9.75. The highest BCUT2D eigenvalue weighted by molar-refractivity contribution is 5.93. The van der Waals surface area contributed by atoms with Crippen LogP contribution in [-0.4, -0.2) is 94.7 Å². The zero-order valence-electron chi connectivity index (χ0n) is 19.6. The van der Waals surface area contributed by atoms with Gasteiger partial charge in [0.15, 0.2) is 6.29 Å². The zero-order chi connectivity index (χ0) is 23.7. The predicted molar refractivity (Wildman–Crippen MR) is 126 cm³/mol. The van der Waals surface area contributed by atoms with Gasteiger partial charge in [0.1, 0.15) is 0 Å². The van der Waals surface area contributed by atoms with Gasteiger partial charge in [0, 0.05) is 64.8 Å². The summed E-state index contributed by atoms with van der Waals surface area (Å²) in [4.78, 5) is 28.1. The highest BCUT2D eigenvalue weighted by Crippen LogP contribution is 2.36. The van der Waals surface area contributed by atoms with Crippen LogP contribution in [0.3, 0.4) is 0 Å². The third-order valence-corrected chi connectivity index (χ3v) is 7.67. The Hall–Kier alpha value is -2.59. The van der Waals surface area contributed by atoms with Crippen molar-refractivity contribution in [2.75, 3.05) is 51.3 Å². The molecule has 2 saturated heterocycles. The summed E-state index contributed by atoms with van der Waals surface area (Å²) in [5.41, 5.74) is 2.65. The number of carbonyl (C=O) groups is 1. The lowest BCUT2D eigenvalue weighted by Gasteiger charge is -2.50. The molecule has 3 aliphatic rings. The molecule has 2 aromatic rings. The Labute approximate surface area is 200 Å². The summed E-state index contributed by atoms with van der Waals surface area (Å²) in [6.45, 7) is 4.16. The average molecular weight is 468 g/mol. The summed E-state index contributed by atoms with van der Waals surface area (Å²) in [5.74, 6) is 0.449. The van der Waals surface area contributed by atoms with Gasteiger partial charge in [-0.05, 0) is 30.4 Å². The van der Waals surface area contributed by atoms with E-state index >= 15 is 0 Å². The Morgan fingerprint density at radius 1 is 1.15 bits per heavy atom. The summed E-state index contributed by atoms with van der Waals surface area (Å²) in [7, 11) is 1.41.